The molecule has 3 nitrogen and oxygen atoms in total. The van der Waals surface area contributed by atoms with Gasteiger partial charge < -0.3 is 10.4 Å². The zero-order chi connectivity index (χ0) is 12.9. The van der Waals surface area contributed by atoms with Crippen LogP contribution >= 0.6 is 11.8 Å². The van der Waals surface area contributed by atoms with Crippen molar-refractivity contribution >= 4 is 17.5 Å². The van der Waals surface area contributed by atoms with Crippen LogP contribution in [-0.2, 0) is 4.79 Å². The molecule has 1 rings (SSSR count). The Hall–Kier alpha value is -0.580. The minimum Gasteiger partial charge on any atom is -0.395 e. The number of β-amino-alcohol motifs (C(OH)–C–C–N with tert-alkyl or cyclic N) is 1. The van der Waals surface area contributed by atoms with Gasteiger partial charge in [0, 0.05) is 17.4 Å². The number of Topliss-reactive ketones (excluding diaryl/α,β-unsaturated/α-hetero) is 1. The summed E-state index contributed by atoms with van der Waals surface area (Å²) < 4.78 is 0. The average Bonchev–Trinajstić information content (AvgIpc) is 2.35. The summed E-state index contributed by atoms with van der Waals surface area (Å²) in [6.07, 6.45) is 8.98. The van der Waals surface area contributed by atoms with Crippen molar-refractivity contribution in [3.05, 3.63) is 23.8 Å². The van der Waals surface area contributed by atoms with Crippen molar-refractivity contribution in [2.24, 2.45) is 0 Å². The van der Waals surface area contributed by atoms with Gasteiger partial charge in [-0.15, -0.1) is 0 Å². The summed E-state index contributed by atoms with van der Waals surface area (Å²) >= 11 is 1.79. The maximum Gasteiger partial charge on any atom is 0.181 e. The maximum atomic E-state index is 12.3. The highest BCUT2D eigenvalue weighted by Crippen LogP contribution is 2.23. The number of ketones is 1. The molecule has 0 spiro atoms. The Balaban J connectivity index is 2.65. The fourth-order valence-corrected chi connectivity index (χ4v) is 2.28. The lowest BCUT2D eigenvalue weighted by molar-refractivity contribution is -0.120. The van der Waals surface area contributed by atoms with Gasteiger partial charge in [0.15, 0.2) is 5.78 Å². The minimum absolute atomic E-state index is 0.0418. The molecule has 0 fully saturated rings. The van der Waals surface area contributed by atoms with Crippen LogP contribution in [0.5, 0.6) is 0 Å². The highest BCUT2D eigenvalue weighted by Gasteiger charge is 2.29. The number of aliphatic hydroxyl groups is 1. The van der Waals surface area contributed by atoms with Crippen LogP contribution in [0.2, 0.25) is 0 Å². The summed E-state index contributed by atoms with van der Waals surface area (Å²) in [6, 6.07) is 0. The molecule has 1 aliphatic rings. The first-order valence-electron chi connectivity index (χ1n) is 5.83. The molecule has 0 heterocycles. The van der Waals surface area contributed by atoms with Gasteiger partial charge in [-0.2, -0.15) is 11.8 Å². The van der Waals surface area contributed by atoms with E-state index in [0.717, 1.165) is 12.0 Å². The van der Waals surface area contributed by atoms with Crippen LogP contribution in [0.15, 0.2) is 23.8 Å². The van der Waals surface area contributed by atoms with Crippen molar-refractivity contribution < 1.29 is 9.90 Å². The topological polar surface area (TPSA) is 49.3 Å². The molecule has 96 valence electrons. The van der Waals surface area contributed by atoms with Gasteiger partial charge >= 0.3 is 0 Å². The Bertz CT molecular complexity index is 334. The predicted molar refractivity (Wildman–Crippen MR) is 73.3 cm³/mol. The van der Waals surface area contributed by atoms with E-state index in [0.29, 0.717) is 11.8 Å². The first-order valence-corrected chi connectivity index (χ1v) is 7.12. The van der Waals surface area contributed by atoms with Crippen molar-refractivity contribution in [3.63, 3.8) is 0 Å². The number of carbonyl (C=O) groups is 1. The maximum absolute atomic E-state index is 12.3. The highest BCUT2D eigenvalue weighted by molar-refractivity contribution is 7.99. The van der Waals surface area contributed by atoms with E-state index >= 15 is 0 Å². The van der Waals surface area contributed by atoms with E-state index in [4.69, 9.17) is 5.11 Å². The molecule has 4 heteroatoms. The molecule has 1 atom stereocenters. The number of hydrogen-bond donors (Lipinski definition) is 2. The molecule has 0 amide bonds. The van der Waals surface area contributed by atoms with Crippen LogP contribution in [0.25, 0.3) is 0 Å². The Morgan fingerprint density at radius 2 is 2.35 bits per heavy atom. The first kappa shape index (κ1) is 14.5. The lowest BCUT2D eigenvalue weighted by atomic mass is 9.90. The summed E-state index contributed by atoms with van der Waals surface area (Å²) in [5.74, 6) is 0.0850. The van der Waals surface area contributed by atoms with Crippen LogP contribution in [0.1, 0.15) is 20.3 Å². The lowest BCUT2D eigenvalue weighted by Gasteiger charge is -2.26. The van der Waals surface area contributed by atoms with E-state index in [2.05, 4.69) is 17.6 Å². The molecule has 1 unspecified atom stereocenters. The number of rotatable bonds is 6. The van der Waals surface area contributed by atoms with Gasteiger partial charge in [0.1, 0.15) is 0 Å². The summed E-state index contributed by atoms with van der Waals surface area (Å²) in [4.78, 5) is 12.3. The second kappa shape index (κ2) is 6.38. The second-order valence-corrected chi connectivity index (χ2v) is 5.71. The number of nitrogens with one attached hydrogen (secondary N) is 1. The van der Waals surface area contributed by atoms with Gasteiger partial charge in [-0.3, -0.25) is 4.79 Å². The summed E-state index contributed by atoms with van der Waals surface area (Å²) in [7, 11) is 0. The zero-order valence-electron chi connectivity index (χ0n) is 10.7. The number of aliphatic hydroxyl groups excluding tert-OH is 1. The third kappa shape index (κ3) is 3.98. The van der Waals surface area contributed by atoms with Gasteiger partial charge in [-0.1, -0.05) is 18.2 Å². The Morgan fingerprint density at radius 3 is 2.82 bits per heavy atom. The number of carbonyl (C=O) groups excluding carboxylic acids is 1. The molecule has 0 radical (unpaired) electrons. The van der Waals surface area contributed by atoms with Crippen LogP contribution < -0.4 is 5.32 Å². The monoisotopic (exact) mass is 255 g/mol. The quantitative estimate of drug-likeness (QED) is 0.756. The van der Waals surface area contributed by atoms with Gasteiger partial charge in [0.2, 0.25) is 0 Å². The van der Waals surface area contributed by atoms with Crippen LogP contribution in [0.3, 0.4) is 0 Å². The molecular formula is C13H21NO2S. The largest absolute Gasteiger partial charge is 0.395 e. The summed E-state index contributed by atoms with van der Waals surface area (Å²) in [5.41, 5.74) is 0.149. The highest BCUT2D eigenvalue weighted by atomic mass is 32.2. The fourth-order valence-electron chi connectivity index (χ4n) is 1.75. The third-order valence-corrected chi connectivity index (χ3v) is 3.83. The fraction of sp³-hybridized carbons (Fsp3) is 0.615. The number of thioether (sulfide) groups is 1. The standard InChI is InChI=1S/C13H21NO2S/c1-13(2,14-8-9-15)12(16)10-4-6-11(17-3)7-5-10/h4-6,11,14-15H,7-9H2,1-3H3. The molecule has 0 bridgehead atoms. The average molecular weight is 255 g/mol. The Labute approximate surface area is 107 Å². The SMILES string of the molecule is CSC1C=CC(C(=O)C(C)(C)NCCO)=CC1. The summed E-state index contributed by atoms with van der Waals surface area (Å²) in [5, 5.41) is 12.3. The van der Waals surface area contributed by atoms with Gasteiger partial charge in [-0.25, -0.2) is 0 Å². The second-order valence-electron chi connectivity index (χ2n) is 4.63. The van der Waals surface area contributed by atoms with E-state index in [9.17, 15) is 4.79 Å². The predicted octanol–water partition coefficient (Wildman–Crippen LogP) is 1.53. The van der Waals surface area contributed by atoms with Crippen LogP contribution in [0.4, 0.5) is 0 Å². The normalized spacial score (nSPS) is 20.2. The molecule has 0 saturated heterocycles. The van der Waals surface area contributed by atoms with E-state index in [-0.39, 0.29) is 12.4 Å². The molecule has 17 heavy (non-hydrogen) atoms. The summed E-state index contributed by atoms with van der Waals surface area (Å²) in [6.45, 7) is 4.17. The van der Waals surface area contributed by atoms with Gasteiger partial charge in [0.25, 0.3) is 0 Å². The van der Waals surface area contributed by atoms with E-state index in [1.165, 1.54) is 0 Å². The number of allylic oxidation sites excluding steroid dienone is 2. The first-order chi connectivity index (χ1) is 8.01. The van der Waals surface area contributed by atoms with Crippen molar-refractivity contribution in [3.8, 4) is 0 Å². The molecule has 0 aliphatic heterocycles. The van der Waals surface area contributed by atoms with Crippen molar-refractivity contribution in [1.29, 1.82) is 0 Å². The molecule has 0 aromatic carbocycles. The molecular weight excluding hydrogens is 234 g/mol. The van der Waals surface area contributed by atoms with Crippen molar-refractivity contribution in [1.82, 2.24) is 5.32 Å². The van der Waals surface area contributed by atoms with Gasteiger partial charge in [0.05, 0.1) is 12.1 Å². The zero-order valence-corrected chi connectivity index (χ0v) is 11.5. The minimum atomic E-state index is -0.620. The van der Waals surface area contributed by atoms with E-state index < -0.39 is 5.54 Å². The molecule has 2 N–H and O–H groups in total. The molecule has 1 aliphatic carbocycles. The van der Waals surface area contributed by atoms with Crippen molar-refractivity contribution in [2.45, 2.75) is 31.1 Å². The van der Waals surface area contributed by atoms with Crippen LogP contribution in [-0.4, -0.2) is 41.1 Å². The van der Waals surface area contributed by atoms with Crippen molar-refractivity contribution in [2.75, 3.05) is 19.4 Å². The Morgan fingerprint density at radius 1 is 1.65 bits per heavy atom. The Kier molecular flexibility index (Phi) is 5.43. The van der Waals surface area contributed by atoms with E-state index in [1.54, 1.807) is 11.8 Å². The molecule has 0 saturated carbocycles. The molecule has 0 aromatic heterocycles. The third-order valence-electron chi connectivity index (χ3n) is 2.87. The smallest absolute Gasteiger partial charge is 0.181 e. The molecule has 0 aromatic rings. The van der Waals surface area contributed by atoms with E-state index in [1.807, 2.05) is 26.0 Å². The van der Waals surface area contributed by atoms with Crippen LogP contribution in [0, 0.1) is 0 Å². The number of hydrogen-bond acceptors (Lipinski definition) is 4. The lowest BCUT2D eigenvalue weighted by Crippen LogP contribution is -2.48. The van der Waals surface area contributed by atoms with Gasteiger partial charge in [-0.05, 0) is 26.5 Å².